The first kappa shape index (κ1) is 19.3. The first-order chi connectivity index (χ1) is 13.5. The average Bonchev–Trinajstić information content (AvgIpc) is 3.10. The molecule has 3 N–H and O–H groups in total. The molecule has 0 aliphatic rings. The first-order valence-corrected chi connectivity index (χ1v) is 9.03. The van der Waals surface area contributed by atoms with Crippen LogP contribution in [0.15, 0.2) is 65.1 Å². The Balaban J connectivity index is 1.48. The molecule has 0 spiro atoms. The highest BCUT2D eigenvalue weighted by Crippen LogP contribution is 2.18. The maximum absolute atomic E-state index is 12.2. The summed E-state index contributed by atoms with van der Waals surface area (Å²) in [5.41, 5.74) is 5.92. The van der Waals surface area contributed by atoms with Gasteiger partial charge in [-0.3, -0.25) is 25.8 Å². The van der Waals surface area contributed by atoms with Gasteiger partial charge in [0.15, 0.2) is 5.11 Å². The summed E-state index contributed by atoms with van der Waals surface area (Å²) in [6.45, 7) is 1.82. The van der Waals surface area contributed by atoms with Crippen LogP contribution in [-0.4, -0.2) is 16.9 Å². The van der Waals surface area contributed by atoms with Crippen LogP contribution in [0.1, 0.15) is 17.1 Å². The van der Waals surface area contributed by atoms with Crippen molar-refractivity contribution in [2.75, 3.05) is 0 Å². The first-order valence-electron chi connectivity index (χ1n) is 8.62. The fourth-order valence-electron chi connectivity index (χ4n) is 2.68. The van der Waals surface area contributed by atoms with Gasteiger partial charge in [0.2, 0.25) is 11.8 Å². The number of carbonyl (C=O) groups is 2. The molecule has 2 amide bonds. The molecule has 0 bridgehead atoms. The lowest BCUT2D eigenvalue weighted by Gasteiger charge is -2.10. The monoisotopic (exact) mass is 393 g/mol. The van der Waals surface area contributed by atoms with Gasteiger partial charge >= 0.3 is 0 Å². The molecule has 3 aromatic rings. The normalized spacial score (nSPS) is 10.8. The fraction of sp³-hybridized carbons (Fsp3) is 0.0952. The van der Waals surface area contributed by atoms with Crippen LogP contribution >= 0.6 is 12.2 Å². The standard InChI is InChI=1S/C21H19N3O3S/c1-14-9-10-17(27-14)11-12-19(25)22-21(28)24-23-20(26)13-16-7-4-6-15-5-2-3-8-18(15)16/h2-12H,13H2,1H3,(H,23,26)(H2,22,24,25,28)/b12-11+. The Labute approximate surface area is 167 Å². The van der Waals surface area contributed by atoms with Gasteiger partial charge in [-0.25, -0.2) is 0 Å². The Morgan fingerprint density at radius 1 is 1.04 bits per heavy atom. The molecular formula is C21H19N3O3S. The maximum atomic E-state index is 12.2. The lowest BCUT2D eigenvalue weighted by molar-refractivity contribution is -0.121. The van der Waals surface area contributed by atoms with E-state index in [4.69, 9.17) is 16.6 Å². The van der Waals surface area contributed by atoms with Crippen molar-refractivity contribution in [3.63, 3.8) is 0 Å². The Hall–Kier alpha value is -3.45. The number of hydrogen-bond acceptors (Lipinski definition) is 4. The van der Waals surface area contributed by atoms with Crippen molar-refractivity contribution < 1.29 is 14.0 Å². The van der Waals surface area contributed by atoms with Gasteiger partial charge in [-0.05, 0) is 53.7 Å². The van der Waals surface area contributed by atoms with E-state index in [1.54, 1.807) is 12.1 Å². The van der Waals surface area contributed by atoms with E-state index in [0.29, 0.717) is 5.76 Å². The number of amides is 2. The molecule has 0 radical (unpaired) electrons. The summed E-state index contributed by atoms with van der Waals surface area (Å²) >= 11 is 5.01. The average molecular weight is 393 g/mol. The summed E-state index contributed by atoms with van der Waals surface area (Å²) in [6.07, 6.45) is 3.01. The molecule has 0 saturated heterocycles. The Kier molecular flexibility index (Phi) is 6.18. The molecule has 0 aliphatic carbocycles. The highest BCUT2D eigenvalue weighted by Gasteiger charge is 2.08. The summed E-state index contributed by atoms with van der Waals surface area (Å²) in [5, 5.41) is 4.53. The third kappa shape index (κ3) is 5.28. The van der Waals surface area contributed by atoms with Gasteiger partial charge < -0.3 is 4.42 Å². The van der Waals surface area contributed by atoms with E-state index in [-0.39, 0.29) is 17.4 Å². The van der Waals surface area contributed by atoms with Gasteiger partial charge in [-0.1, -0.05) is 42.5 Å². The number of rotatable bonds is 4. The van der Waals surface area contributed by atoms with Crippen molar-refractivity contribution in [3.05, 3.63) is 77.8 Å². The second kappa shape index (κ2) is 8.96. The second-order valence-electron chi connectivity index (χ2n) is 6.09. The van der Waals surface area contributed by atoms with Gasteiger partial charge in [0.25, 0.3) is 0 Å². The van der Waals surface area contributed by atoms with Crippen LogP contribution in [0.4, 0.5) is 0 Å². The predicted octanol–water partition coefficient (Wildman–Crippen LogP) is 3.02. The number of fused-ring (bicyclic) bond motifs is 1. The Bertz CT molecular complexity index is 1050. The Morgan fingerprint density at radius 2 is 1.82 bits per heavy atom. The number of furan rings is 1. The molecule has 7 heteroatoms. The van der Waals surface area contributed by atoms with E-state index in [2.05, 4.69) is 16.2 Å². The number of hydrogen-bond donors (Lipinski definition) is 3. The van der Waals surface area contributed by atoms with E-state index in [9.17, 15) is 9.59 Å². The van der Waals surface area contributed by atoms with Crippen molar-refractivity contribution in [3.8, 4) is 0 Å². The highest BCUT2D eigenvalue weighted by atomic mass is 32.1. The topological polar surface area (TPSA) is 83.4 Å². The van der Waals surface area contributed by atoms with Gasteiger partial charge in [-0.2, -0.15) is 0 Å². The van der Waals surface area contributed by atoms with Crippen LogP contribution < -0.4 is 16.2 Å². The minimum absolute atomic E-state index is 0.00320. The van der Waals surface area contributed by atoms with Crippen LogP contribution in [-0.2, 0) is 16.0 Å². The van der Waals surface area contributed by atoms with Gasteiger partial charge in [0.05, 0.1) is 6.42 Å². The zero-order valence-corrected chi connectivity index (χ0v) is 16.0. The molecular weight excluding hydrogens is 374 g/mol. The molecule has 142 valence electrons. The Morgan fingerprint density at radius 3 is 2.61 bits per heavy atom. The molecule has 0 saturated carbocycles. The van der Waals surface area contributed by atoms with E-state index in [1.165, 1.54) is 12.2 Å². The van der Waals surface area contributed by atoms with Crippen LogP contribution in [0.25, 0.3) is 16.8 Å². The minimum Gasteiger partial charge on any atom is -0.462 e. The van der Waals surface area contributed by atoms with Gasteiger partial charge in [0, 0.05) is 6.08 Å². The molecule has 0 fully saturated rings. The molecule has 0 aliphatic heterocycles. The van der Waals surface area contributed by atoms with Crippen molar-refractivity contribution in [2.45, 2.75) is 13.3 Å². The molecule has 0 atom stereocenters. The number of aryl methyl sites for hydroxylation is 1. The number of benzene rings is 2. The largest absolute Gasteiger partial charge is 0.462 e. The summed E-state index contributed by atoms with van der Waals surface area (Å²) in [4.78, 5) is 24.0. The zero-order chi connectivity index (χ0) is 19.9. The fourth-order valence-corrected chi connectivity index (χ4v) is 2.83. The molecule has 1 heterocycles. The van der Waals surface area contributed by atoms with Crippen molar-refractivity contribution in [1.82, 2.24) is 16.2 Å². The molecule has 6 nitrogen and oxygen atoms in total. The van der Waals surface area contributed by atoms with Crippen molar-refractivity contribution in [2.24, 2.45) is 0 Å². The van der Waals surface area contributed by atoms with E-state index >= 15 is 0 Å². The molecule has 28 heavy (non-hydrogen) atoms. The van der Waals surface area contributed by atoms with Gasteiger partial charge in [0.1, 0.15) is 11.5 Å². The number of hydrazine groups is 1. The summed E-state index contributed by atoms with van der Waals surface area (Å²) in [6, 6.07) is 17.2. The third-order valence-corrected chi connectivity index (χ3v) is 4.15. The van der Waals surface area contributed by atoms with Crippen LogP contribution in [0.5, 0.6) is 0 Å². The zero-order valence-electron chi connectivity index (χ0n) is 15.2. The lowest BCUT2D eigenvalue weighted by atomic mass is 10.0. The summed E-state index contributed by atoms with van der Waals surface area (Å²) < 4.78 is 5.33. The molecule has 0 unspecified atom stereocenters. The third-order valence-electron chi connectivity index (χ3n) is 3.94. The number of carbonyl (C=O) groups excluding carboxylic acids is 2. The van der Waals surface area contributed by atoms with E-state index < -0.39 is 5.91 Å². The quantitative estimate of drug-likeness (QED) is 0.361. The van der Waals surface area contributed by atoms with Crippen LogP contribution in [0, 0.1) is 6.92 Å². The minimum atomic E-state index is -0.435. The lowest BCUT2D eigenvalue weighted by Crippen LogP contribution is -2.48. The highest BCUT2D eigenvalue weighted by molar-refractivity contribution is 7.80. The second-order valence-corrected chi connectivity index (χ2v) is 6.50. The van der Waals surface area contributed by atoms with Crippen LogP contribution in [0.3, 0.4) is 0 Å². The van der Waals surface area contributed by atoms with E-state index in [0.717, 1.165) is 22.1 Å². The van der Waals surface area contributed by atoms with E-state index in [1.807, 2.05) is 49.4 Å². The van der Waals surface area contributed by atoms with Crippen molar-refractivity contribution in [1.29, 1.82) is 0 Å². The predicted molar refractivity (Wildman–Crippen MR) is 112 cm³/mol. The summed E-state index contributed by atoms with van der Waals surface area (Å²) in [5.74, 6) is 0.616. The smallest absolute Gasteiger partial charge is 0.250 e. The maximum Gasteiger partial charge on any atom is 0.250 e. The van der Waals surface area contributed by atoms with Gasteiger partial charge in [-0.15, -0.1) is 0 Å². The van der Waals surface area contributed by atoms with Crippen LogP contribution in [0.2, 0.25) is 0 Å². The number of thiocarbonyl (C=S) groups is 1. The number of nitrogens with one attached hydrogen (secondary N) is 3. The molecule has 2 aromatic carbocycles. The van der Waals surface area contributed by atoms with Crippen molar-refractivity contribution >= 4 is 46.0 Å². The SMILES string of the molecule is Cc1ccc(/C=C/C(=O)NC(=S)NNC(=O)Cc2cccc3ccccc23)o1. The molecule has 3 rings (SSSR count). The summed E-state index contributed by atoms with van der Waals surface area (Å²) in [7, 11) is 0. The molecule has 1 aromatic heterocycles.